The Bertz CT molecular complexity index is 565. The van der Waals surface area contributed by atoms with Gasteiger partial charge < -0.3 is 4.74 Å². The summed E-state index contributed by atoms with van der Waals surface area (Å²) in [5.74, 6) is 1.71. The Kier molecular flexibility index (Phi) is 5.87. The van der Waals surface area contributed by atoms with E-state index in [9.17, 15) is 0 Å². The highest BCUT2D eigenvalue weighted by molar-refractivity contribution is 5.26. The maximum Gasteiger partial charge on any atom is 0.0717 e. The SMILES string of the molecule is CC1CCC(c2ccc(CCOCc3ccccc3)cc2)CC1. The zero-order chi connectivity index (χ0) is 15.9. The lowest BCUT2D eigenvalue weighted by Gasteiger charge is -2.26. The fourth-order valence-electron chi connectivity index (χ4n) is 3.50. The summed E-state index contributed by atoms with van der Waals surface area (Å²) in [7, 11) is 0. The second kappa shape index (κ2) is 8.31. The molecule has 0 aliphatic heterocycles. The molecule has 0 aromatic heterocycles. The van der Waals surface area contributed by atoms with Gasteiger partial charge in [0.1, 0.15) is 0 Å². The third kappa shape index (κ3) is 4.94. The van der Waals surface area contributed by atoms with Crippen LogP contribution in [0, 0.1) is 5.92 Å². The number of ether oxygens (including phenoxy) is 1. The van der Waals surface area contributed by atoms with Crippen LogP contribution in [0.3, 0.4) is 0 Å². The second-order valence-corrected chi connectivity index (χ2v) is 6.99. The van der Waals surface area contributed by atoms with Gasteiger partial charge in [-0.15, -0.1) is 0 Å². The maximum atomic E-state index is 5.78. The molecule has 1 fully saturated rings. The summed E-state index contributed by atoms with van der Waals surface area (Å²) in [6, 6.07) is 19.6. The monoisotopic (exact) mass is 308 g/mol. The molecule has 2 aromatic rings. The second-order valence-electron chi connectivity index (χ2n) is 6.99. The Morgan fingerprint density at radius 1 is 0.826 bits per heavy atom. The van der Waals surface area contributed by atoms with Gasteiger partial charge in [-0.25, -0.2) is 0 Å². The van der Waals surface area contributed by atoms with Crippen LogP contribution in [-0.2, 0) is 17.8 Å². The normalized spacial score (nSPS) is 21.3. The Balaban J connectivity index is 1.42. The minimum atomic E-state index is 0.708. The first-order valence-corrected chi connectivity index (χ1v) is 9.02. The molecule has 23 heavy (non-hydrogen) atoms. The minimum Gasteiger partial charge on any atom is -0.376 e. The summed E-state index contributed by atoms with van der Waals surface area (Å²) >= 11 is 0. The molecule has 0 saturated heterocycles. The Morgan fingerprint density at radius 2 is 1.52 bits per heavy atom. The zero-order valence-corrected chi connectivity index (χ0v) is 14.2. The van der Waals surface area contributed by atoms with Crippen molar-refractivity contribution in [3.63, 3.8) is 0 Å². The van der Waals surface area contributed by atoms with Gasteiger partial charge in [0, 0.05) is 0 Å². The van der Waals surface area contributed by atoms with Crippen LogP contribution < -0.4 is 0 Å². The van der Waals surface area contributed by atoms with Crippen LogP contribution in [0.5, 0.6) is 0 Å². The van der Waals surface area contributed by atoms with Gasteiger partial charge in [-0.05, 0) is 47.8 Å². The number of benzene rings is 2. The minimum absolute atomic E-state index is 0.708. The molecule has 3 rings (SSSR count). The molecule has 0 bridgehead atoms. The smallest absolute Gasteiger partial charge is 0.0717 e. The molecule has 0 radical (unpaired) electrons. The Labute approximate surface area is 140 Å². The van der Waals surface area contributed by atoms with E-state index in [1.165, 1.54) is 42.4 Å². The summed E-state index contributed by atoms with van der Waals surface area (Å²) < 4.78 is 5.78. The summed E-state index contributed by atoms with van der Waals surface area (Å²) in [6.45, 7) is 3.88. The van der Waals surface area contributed by atoms with Crippen molar-refractivity contribution in [3.8, 4) is 0 Å². The quantitative estimate of drug-likeness (QED) is 0.618. The first kappa shape index (κ1) is 16.3. The van der Waals surface area contributed by atoms with Crippen molar-refractivity contribution in [3.05, 3.63) is 71.3 Å². The van der Waals surface area contributed by atoms with Crippen molar-refractivity contribution in [1.29, 1.82) is 0 Å². The van der Waals surface area contributed by atoms with E-state index in [-0.39, 0.29) is 0 Å². The van der Waals surface area contributed by atoms with E-state index in [1.54, 1.807) is 0 Å². The molecule has 0 amide bonds. The van der Waals surface area contributed by atoms with Crippen LogP contribution in [0.4, 0.5) is 0 Å². The fraction of sp³-hybridized carbons (Fsp3) is 0.455. The highest BCUT2D eigenvalue weighted by Gasteiger charge is 2.19. The average molecular weight is 308 g/mol. The molecule has 0 unspecified atom stereocenters. The lowest BCUT2D eigenvalue weighted by Crippen LogP contribution is -2.10. The highest BCUT2D eigenvalue weighted by Crippen LogP contribution is 2.35. The molecular weight excluding hydrogens is 280 g/mol. The van der Waals surface area contributed by atoms with E-state index in [4.69, 9.17) is 4.74 Å². The molecule has 1 aliphatic rings. The lowest BCUT2D eigenvalue weighted by atomic mass is 9.79. The summed E-state index contributed by atoms with van der Waals surface area (Å²) in [6.07, 6.45) is 6.50. The van der Waals surface area contributed by atoms with Crippen molar-refractivity contribution in [2.24, 2.45) is 5.92 Å². The molecule has 1 saturated carbocycles. The molecule has 1 heteroatoms. The number of hydrogen-bond donors (Lipinski definition) is 0. The predicted octanol–water partition coefficient (Wildman–Crippen LogP) is 5.74. The van der Waals surface area contributed by atoms with Crippen molar-refractivity contribution >= 4 is 0 Å². The van der Waals surface area contributed by atoms with Crippen molar-refractivity contribution in [1.82, 2.24) is 0 Å². The van der Waals surface area contributed by atoms with Gasteiger partial charge in [0.2, 0.25) is 0 Å². The summed E-state index contributed by atoms with van der Waals surface area (Å²) in [4.78, 5) is 0. The topological polar surface area (TPSA) is 9.23 Å². The average Bonchev–Trinajstić information content (AvgIpc) is 2.61. The van der Waals surface area contributed by atoms with Crippen LogP contribution in [0.15, 0.2) is 54.6 Å². The van der Waals surface area contributed by atoms with E-state index >= 15 is 0 Å². The van der Waals surface area contributed by atoms with E-state index < -0.39 is 0 Å². The molecular formula is C22H28O. The van der Waals surface area contributed by atoms with E-state index in [0.29, 0.717) is 6.61 Å². The van der Waals surface area contributed by atoms with Crippen LogP contribution in [0.25, 0.3) is 0 Å². The molecule has 122 valence electrons. The van der Waals surface area contributed by atoms with Gasteiger partial charge in [0.05, 0.1) is 13.2 Å². The molecule has 1 aliphatic carbocycles. The van der Waals surface area contributed by atoms with Crippen LogP contribution in [0.2, 0.25) is 0 Å². The molecule has 0 spiro atoms. The van der Waals surface area contributed by atoms with Crippen molar-refractivity contribution in [2.75, 3.05) is 6.61 Å². The zero-order valence-electron chi connectivity index (χ0n) is 14.2. The van der Waals surface area contributed by atoms with E-state index in [1.807, 2.05) is 6.07 Å². The van der Waals surface area contributed by atoms with Gasteiger partial charge in [-0.1, -0.05) is 74.4 Å². The van der Waals surface area contributed by atoms with Crippen LogP contribution in [0.1, 0.15) is 55.2 Å². The molecule has 0 heterocycles. The van der Waals surface area contributed by atoms with E-state index in [2.05, 4.69) is 55.5 Å². The van der Waals surface area contributed by atoms with Gasteiger partial charge >= 0.3 is 0 Å². The third-order valence-corrected chi connectivity index (χ3v) is 5.11. The standard InChI is InChI=1S/C22H28O/c1-18-7-11-21(12-8-18)22-13-9-19(10-14-22)15-16-23-17-20-5-3-2-4-6-20/h2-6,9-10,13-14,18,21H,7-8,11-12,15-17H2,1H3. The molecule has 2 aromatic carbocycles. The largest absolute Gasteiger partial charge is 0.376 e. The lowest BCUT2D eigenvalue weighted by molar-refractivity contribution is 0.124. The highest BCUT2D eigenvalue weighted by atomic mass is 16.5. The van der Waals surface area contributed by atoms with Gasteiger partial charge in [0.15, 0.2) is 0 Å². The molecule has 0 N–H and O–H groups in total. The first-order chi connectivity index (χ1) is 11.3. The summed E-state index contributed by atoms with van der Waals surface area (Å²) in [5, 5.41) is 0. The predicted molar refractivity (Wildman–Crippen MR) is 96.6 cm³/mol. The Morgan fingerprint density at radius 3 is 2.22 bits per heavy atom. The number of hydrogen-bond acceptors (Lipinski definition) is 1. The maximum absolute atomic E-state index is 5.78. The van der Waals surface area contributed by atoms with Gasteiger partial charge in [-0.3, -0.25) is 0 Å². The van der Waals surface area contributed by atoms with Crippen molar-refractivity contribution in [2.45, 2.75) is 51.6 Å². The molecule has 0 atom stereocenters. The first-order valence-electron chi connectivity index (χ1n) is 9.02. The summed E-state index contributed by atoms with van der Waals surface area (Å²) in [5.41, 5.74) is 4.16. The number of rotatable bonds is 6. The molecule has 1 nitrogen and oxygen atoms in total. The third-order valence-electron chi connectivity index (χ3n) is 5.11. The van der Waals surface area contributed by atoms with Gasteiger partial charge in [0.25, 0.3) is 0 Å². The van der Waals surface area contributed by atoms with Gasteiger partial charge in [-0.2, -0.15) is 0 Å². The van der Waals surface area contributed by atoms with Crippen molar-refractivity contribution < 1.29 is 4.74 Å². The van der Waals surface area contributed by atoms with Crippen LogP contribution in [-0.4, -0.2) is 6.61 Å². The van der Waals surface area contributed by atoms with E-state index in [0.717, 1.165) is 24.9 Å². The Hall–Kier alpha value is -1.60. The fourth-order valence-corrected chi connectivity index (χ4v) is 3.50. The van der Waals surface area contributed by atoms with Crippen LogP contribution >= 0.6 is 0 Å².